The fourth-order valence-electron chi connectivity index (χ4n) is 1.99. The van der Waals surface area contributed by atoms with Gasteiger partial charge in [0.25, 0.3) is 0 Å². The third kappa shape index (κ3) is 3.26. The zero-order valence-electron chi connectivity index (χ0n) is 11.8. The summed E-state index contributed by atoms with van der Waals surface area (Å²) in [5.41, 5.74) is 1.16. The Balaban J connectivity index is 1.97. The fourth-order valence-corrected chi connectivity index (χ4v) is 2.37. The van der Waals surface area contributed by atoms with Crippen LogP contribution in [-0.2, 0) is 6.18 Å². The van der Waals surface area contributed by atoms with Crippen molar-refractivity contribution in [3.8, 4) is 22.8 Å². The summed E-state index contributed by atoms with van der Waals surface area (Å²) in [6.07, 6.45) is -3.40. The minimum absolute atomic E-state index is 0.254. The lowest BCUT2D eigenvalue weighted by Crippen LogP contribution is -2.07. The molecule has 118 valence electrons. The summed E-state index contributed by atoms with van der Waals surface area (Å²) in [5.74, 6) is 0.732. The molecule has 0 spiro atoms. The van der Waals surface area contributed by atoms with Crippen LogP contribution < -0.4 is 0 Å². The highest BCUT2D eigenvalue weighted by Crippen LogP contribution is 2.30. The van der Waals surface area contributed by atoms with E-state index in [2.05, 4.69) is 36.1 Å². The number of pyridine rings is 1. The normalized spacial score (nSPS) is 11.7. The molecule has 0 fully saturated rings. The first-order valence-corrected chi connectivity index (χ1v) is 7.37. The molecule has 0 saturated carbocycles. The maximum absolute atomic E-state index is 12.7. The van der Waals surface area contributed by atoms with Gasteiger partial charge in [0.05, 0.1) is 0 Å². The van der Waals surface area contributed by atoms with Gasteiger partial charge in [-0.15, -0.1) is 10.2 Å². The number of halogens is 4. The lowest BCUT2D eigenvalue weighted by Gasteiger charge is -2.05. The molecule has 2 heterocycles. The zero-order valence-corrected chi connectivity index (χ0v) is 13.4. The van der Waals surface area contributed by atoms with Gasteiger partial charge >= 0.3 is 6.18 Å². The average Bonchev–Trinajstić information content (AvgIpc) is 2.99. The Bertz CT molecular complexity index is 858. The van der Waals surface area contributed by atoms with E-state index in [1.807, 2.05) is 25.1 Å². The van der Waals surface area contributed by atoms with Crippen molar-refractivity contribution < 1.29 is 13.2 Å². The number of benzene rings is 1. The summed E-state index contributed by atoms with van der Waals surface area (Å²) in [6.45, 7) is 1.95. The molecule has 0 amide bonds. The largest absolute Gasteiger partial charge is 0.433 e. The fraction of sp³-hybridized carbons (Fsp3) is 0.133. The van der Waals surface area contributed by atoms with Crippen LogP contribution in [0.3, 0.4) is 0 Å². The van der Waals surface area contributed by atoms with Crippen molar-refractivity contribution in [3.05, 3.63) is 52.3 Å². The maximum atomic E-state index is 12.7. The number of alkyl halides is 3. The number of aromatic amines is 1. The van der Waals surface area contributed by atoms with Gasteiger partial charge in [0.2, 0.25) is 0 Å². The number of H-pyrrole nitrogens is 1. The van der Waals surface area contributed by atoms with Crippen molar-refractivity contribution in [2.75, 3.05) is 0 Å². The molecule has 3 rings (SSSR count). The van der Waals surface area contributed by atoms with Crippen LogP contribution in [-0.4, -0.2) is 20.2 Å². The van der Waals surface area contributed by atoms with Crippen LogP contribution in [0.2, 0.25) is 0 Å². The van der Waals surface area contributed by atoms with E-state index in [9.17, 15) is 13.2 Å². The molecule has 3 aromatic rings. The molecule has 0 aliphatic rings. The van der Waals surface area contributed by atoms with E-state index in [1.54, 1.807) is 0 Å². The smallest absolute Gasteiger partial charge is 0.321 e. The second-order valence-electron chi connectivity index (χ2n) is 4.91. The molecular formula is C15H10BrF3N4. The molecule has 0 saturated heterocycles. The number of nitrogens with zero attached hydrogens (tertiary/aromatic N) is 3. The summed E-state index contributed by atoms with van der Waals surface area (Å²) >= 11 is 3.43. The van der Waals surface area contributed by atoms with Crippen molar-refractivity contribution in [1.29, 1.82) is 0 Å². The third-order valence-electron chi connectivity index (χ3n) is 3.26. The van der Waals surface area contributed by atoms with Gasteiger partial charge in [0.1, 0.15) is 5.69 Å². The number of nitrogens with one attached hydrogen (secondary N) is 1. The molecule has 23 heavy (non-hydrogen) atoms. The third-order valence-corrected chi connectivity index (χ3v) is 4.11. The second-order valence-corrected chi connectivity index (χ2v) is 5.77. The van der Waals surface area contributed by atoms with Crippen molar-refractivity contribution >= 4 is 15.9 Å². The Morgan fingerprint density at radius 2 is 1.65 bits per heavy atom. The number of aryl methyl sites for hydroxylation is 1. The van der Waals surface area contributed by atoms with E-state index >= 15 is 0 Å². The first-order chi connectivity index (χ1) is 10.8. The molecule has 0 unspecified atom stereocenters. The van der Waals surface area contributed by atoms with Crippen molar-refractivity contribution in [2.24, 2.45) is 0 Å². The van der Waals surface area contributed by atoms with Crippen LogP contribution in [0, 0.1) is 6.92 Å². The second kappa shape index (κ2) is 5.77. The zero-order chi connectivity index (χ0) is 16.6. The van der Waals surface area contributed by atoms with Gasteiger partial charge in [-0.1, -0.05) is 28.1 Å². The van der Waals surface area contributed by atoms with Crippen LogP contribution in [0.25, 0.3) is 22.8 Å². The average molecular weight is 383 g/mol. The minimum atomic E-state index is -4.50. The molecule has 0 radical (unpaired) electrons. The molecule has 4 nitrogen and oxygen atoms in total. The minimum Gasteiger partial charge on any atom is -0.321 e. The molecule has 0 bridgehead atoms. The maximum Gasteiger partial charge on any atom is 0.433 e. The Morgan fingerprint density at radius 3 is 2.26 bits per heavy atom. The SMILES string of the molecule is Cc1ccc(-c2nnc(-c3ccnc(C(F)(F)F)c3)[nH]2)cc1Br. The summed E-state index contributed by atoms with van der Waals surface area (Å²) in [7, 11) is 0. The van der Waals surface area contributed by atoms with E-state index in [1.165, 1.54) is 6.07 Å². The lowest BCUT2D eigenvalue weighted by atomic mass is 10.1. The van der Waals surface area contributed by atoms with E-state index in [0.717, 1.165) is 27.9 Å². The number of hydrogen-bond acceptors (Lipinski definition) is 3. The summed E-state index contributed by atoms with van der Waals surface area (Å²) in [5, 5.41) is 7.92. The quantitative estimate of drug-likeness (QED) is 0.703. The first kappa shape index (κ1) is 15.7. The standard InChI is InChI=1S/C15H10BrF3N4/c1-8-2-3-9(6-11(8)16)13-21-14(23-22-13)10-4-5-20-12(7-10)15(17,18)19/h2-7H,1H3,(H,21,22,23). The summed E-state index contributed by atoms with van der Waals surface area (Å²) in [4.78, 5) is 6.26. The van der Waals surface area contributed by atoms with Crippen LogP contribution >= 0.6 is 15.9 Å². The Kier molecular flexibility index (Phi) is 3.93. The Labute approximate surface area is 137 Å². The van der Waals surface area contributed by atoms with E-state index in [-0.39, 0.29) is 11.4 Å². The highest BCUT2D eigenvalue weighted by atomic mass is 79.9. The topological polar surface area (TPSA) is 54.5 Å². The van der Waals surface area contributed by atoms with Crippen molar-refractivity contribution in [3.63, 3.8) is 0 Å². The summed E-state index contributed by atoms with van der Waals surface area (Å²) in [6, 6.07) is 8.03. The molecular weight excluding hydrogens is 373 g/mol. The predicted molar refractivity (Wildman–Crippen MR) is 82.5 cm³/mol. The predicted octanol–water partition coefficient (Wildman–Crippen LogP) is 4.62. The number of aromatic nitrogens is 4. The molecule has 2 aromatic heterocycles. The molecule has 0 aliphatic carbocycles. The monoisotopic (exact) mass is 382 g/mol. The summed E-state index contributed by atoms with van der Waals surface area (Å²) < 4.78 is 39.1. The van der Waals surface area contributed by atoms with Crippen LogP contribution in [0.1, 0.15) is 11.3 Å². The van der Waals surface area contributed by atoms with E-state index in [0.29, 0.717) is 5.82 Å². The van der Waals surface area contributed by atoms with Gasteiger partial charge < -0.3 is 4.98 Å². The van der Waals surface area contributed by atoms with Gasteiger partial charge in [-0.2, -0.15) is 13.2 Å². The first-order valence-electron chi connectivity index (χ1n) is 6.57. The van der Waals surface area contributed by atoms with Crippen LogP contribution in [0.15, 0.2) is 41.0 Å². The van der Waals surface area contributed by atoms with E-state index < -0.39 is 11.9 Å². The van der Waals surface area contributed by atoms with Gasteiger partial charge in [-0.25, -0.2) is 0 Å². The highest BCUT2D eigenvalue weighted by Gasteiger charge is 2.32. The molecule has 0 aliphatic heterocycles. The van der Waals surface area contributed by atoms with Crippen molar-refractivity contribution in [1.82, 2.24) is 20.2 Å². The Morgan fingerprint density at radius 1 is 1.00 bits per heavy atom. The molecule has 0 atom stereocenters. The van der Waals surface area contributed by atoms with Crippen LogP contribution in [0.5, 0.6) is 0 Å². The molecule has 1 aromatic carbocycles. The Hall–Kier alpha value is -2.22. The van der Waals surface area contributed by atoms with Gasteiger partial charge in [0.15, 0.2) is 11.6 Å². The lowest BCUT2D eigenvalue weighted by molar-refractivity contribution is -0.141. The van der Waals surface area contributed by atoms with Gasteiger partial charge in [0, 0.05) is 21.8 Å². The van der Waals surface area contributed by atoms with E-state index in [4.69, 9.17) is 0 Å². The number of hydrogen-bond donors (Lipinski definition) is 1. The van der Waals surface area contributed by atoms with Crippen molar-refractivity contribution in [2.45, 2.75) is 13.1 Å². The van der Waals surface area contributed by atoms with Gasteiger partial charge in [-0.3, -0.25) is 4.98 Å². The number of rotatable bonds is 2. The molecule has 8 heteroatoms. The molecule has 1 N–H and O–H groups in total. The van der Waals surface area contributed by atoms with Gasteiger partial charge in [-0.05, 0) is 30.7 Å². The van der Waals surface area contributed by atoms with Crippen LogP contribution in [0.4, 0.5) is 13.2 Å². The highest BCUT2D eigenvalue weighted by molar-refractivity contribution is 9.10.